The van der Waals surface area contributed by atoms with Crippen LogP contribution >= 0.6 is 0 Å². The van der Waals surface area contributed by atoms with Gasteiger partial charge in [0.15, 0.2) is 0 Å². The summed E-state index contributed by atoms with van der Waals surface area (Å²) in [5, 5.41) is 6.37. The first kappa shape index (κ1) is 9.30. The number of carbonyl (C=O) groups excluding carboxylic acids is 1. The van der Waals surface area contributed by atoms with Crippen LogP contribution < -0.4 is 10.6 Å². The van der Waals surface area contributed by atoms with Crippen LogP contribution in [0.25, 0.3) is 0 Å². The van der Waals surface area contributed by atoms with Crippen molar-refractivity contribution in [2.45, 2.75) is 26.3 Å². The van der Waals surface area contributed by atoms with E-state index in [4.69, 9.17) is 0 Å². The maximum atomic E-state index is 10.5. The molecule has 1 heterocycles. The molecule has 0 bridgehead atoms. The van der Waals surface area contributed by atoms with Crippen molar-refractivity contribution in [3.8, 4) is 0 Å². The van der Waals surface area contributed by atoms with Gasteiger partial charge in [-0.2, -0.15) is 0 Å². The summed E-state index contributed by atoms with van der Waals surface area (Å²) in [6.45, 7) is 6.03. The predicted molar refractivity (Wildman–Crippen MR) is 48.5 cm³/mol. The minimum absolute atomic E-state index is 0.182. The van der Waals surface area contributed by atoms with Crippen LogP contribution in [0.4, 0.5) is 0 Å². The Morgan fingerprint density at radius 1 is 1.67 bits per heavy atom. The van der Waals surface area contributed by atoms with E-state index in [1.807, 2.05) is 5.94 Å². The van der Waals surface area contributed by atoms with Crippen molar-refractivity contribution >= 4 is 5.94 Å². The van der Waals surface area contributed by atoms with E-state index in [0.717, 1.165) is 19.5 Å². The lowest BCUT2D eigenvalue weighted by Crippen LogP contribution is -2.49. The molecular weight excluding hydrogens is 152 g/mol. The van der Waals surface area contributed by atoms with Crippen molar-refractivity contribution in [1.82, 2.24) is 10.6 Å². The number of hydrogen-bond donors (Lipinski definition) is 2. The summed E-state index contributed by atoms with van der Waals surface area (Å²) in [5.41, 5.74) is 0.690. The van der Waals surface area contributed by atoms with Crippen LogP contribution in [0.1, 0.15) is 20.3 Å². The molecule has 1 rings (SSSR count). The van der Waals surface area contributed by atoms with Crippen LogP contribution in [-0.4, -0.2) is 25.1 Å². The molecule has 0 amide bonds. The van der Waals surface area contributed by atoms with E-state index in [0.29, 0.717) is 11.6 Å². The molecule has 2 unspecified atom stereocenters. The summed E-state index contributed by atoms with van der Waals surface area (Å²) in [7, 11) is 0. The third kappa shape index (κ3) is 1.87. The summed E-state index contributed by atoms with van der Waals surface area (Å²) in [4.78, 5) is 10.5. The maximum Gasteiger partial charge on any atom is 0.147 e. The molecule has 3 nitrogen and oxygen atoms in total. The average Bonchev–Trinajstić information content (AvgIpc) is 2.16. The Morgan fingerprint density at radius 2 is 2.42 bits per heavy atom. The Morgan fingerprint density at radius 3 is 3.00 bits per heavy atom. The molecule has 1 fully saturated rings. The Kier molecular flexibility index (Phi) is 3.32. The zero-order chi connectivity index (χ0) is 8.97. The molecule has 0 aromatic rings. The Bertz CT molecular complexity index is 197. The van der Waals surface area contributed by atoms with Gasteiger partial charge in [-0.3, -0.25) is 0 Å². The molecule has 1 aliphatic heterocycles. The highest BCUT2D eigenvalue weighted by Crippen LogP contribution is 2.13. The molecular formula is C9H16N2O. The van der Waals surface area contributed by atoms with Crippen LogP contribution in [0.15, 0.2) is 5.70 Å². The fraction of sp³-hybridized carbons (Fsp3) is 0.778. The first-order chi connectivity index (χ1) is 5.79. The van der Waals surface area contributed by atoms with Crippen LogP contribution in [0, 0.1) is 5.92 Å². The molecule has 2 N–H and O–H groups in total. The number of nitrogens with one attached hydrogen (secondary N) is 2. The van der Waals surface area contributed by atoms with Gasteiger partial charge in [0.2, 0.25) is 0 Å². The van der Waals surface area contributed by atoms with Crippen LogP contribution in [-0.2, 0) is 4.79 Å². The third-order valence-electron chi connectivity index (χ3n) is 2.44. The maximum absolute atomic E-state index is 10.5. The number of hydrogen-bond acceptors (Lipinski definition) is 3. The molecule has 0 spiro atoms. The molecule has 0 radical (unpaired) electrons. The predicted octanol–water partition coefficient (Wildman–Crippen LogP) is 0.309. The van der Waals surface area contributed by atoms with Crippen molar-refractivity contribution in [2.75, 3.05) is 13.1 Å². The highest BCUT2D eigenvalue weighted by Gasteiger charge is 2.23. The lowest BCUT2D eigenvalue weighted by Gasteiger charge is -2.29. The average molecular weight is 168 g/mol. The highest BCUT2D eigenvalue weighted by molar-refractivity contribution is 5.54. The van der Waals surface area contributed by atoms with Gasteiger partial charge in [-0.05, 0) is 5.92 Å². The van der Waals surface area contributed by atoms with Gasteiger partial charge in [-0.1, -0.05) is 20.3 Å². The van der Waals surface area contributed by atoms with Gasteiger partial charge in [0.1, 0.15) is 11.6 Å². The van der Waals surface area contributed by atoms with Gasteiger partial charge in [0.25, 0.3) is 0 Å². The second-order valence-electron chi connectivity index (χ2n) is 3.26. The second kappa shape index (κ2) is 4.29. The molecule has 0 aliphatic carbocycles. The standard InChI is InChI=1S/C9H16N2O/c1-3-7(2)9-8(6-12)10-4-5-11-9/h7,9-11H,3-5H2,1-2H3. The third-order valence-corrected chi connectivity index (χ3v) is 2.44. The monoisotopic (exact) mass is 168 g/mol. The number of piperazine rings is 1. The summed E-state index contributed by atoms with van der Waals surface area (Å²) in [5.74, 6) is 2.46. The van der Waals surface area contributed by atoms with Crippen molar-refractivity contribution in [3.63, 3.8) is 0 Å². The summed E-state index contributed by atoms with van der Waals surface area (Å²) in [6.07, 6.45) is 1.07. The van der Waals surface area contributed by atoms with Crippen molar-refractivity contribution in [1.29, 1.82) is 0 Å². The zero-order valence-corrected chi connectivity index (χ0v) is 7.68. The number of rotatable bonds is 2. The topological polar surface area (TPSA) is 41.1 Å². The molecule has 12 heavy (non-hydrogen) atoms. The summed E-state index contributed by atoms with van der Waals surface area (Å²) >= 11 is 0. The first-order valence-electron chi connectivity index (χ1n) is 4.51. The van der Waals surface area contributed by atoms with E-state index in [9.17, 15) is 4.79 Å². The van der Waals surface area contributed by atoms with Crippen LogP contribution in [0.3, 0.4) is 0 Å². The molecule has 0 saturated carbocycles. The van der Waals surface area contributed by atoms with E-state index >= 15 is 0 Å². The van der Waals surface area contributed by atoms with Crippen molar-refractivity contribution in [2.24, 2.45) is 5.92 Å². The van der Waals surface area contributed by atoms with Gasteiger partial charge >= 0.3 is 0 Å². The molecule has 0 aromatic carbocycles. The van der Waals surface area contributed by atoms with E-state index in [1.165, 1.54) is 0 Å². The van der Waals surface area contributed by atoms with Gasteiger partial charge in [0.05, 0.1) is 6.04 Å². The molecule has 1 saturated heterocycles. The minimum atomic E-state index is 0.182. The van der Waals surface area contributed by atoms with Gasteiger partial charge in [-0.15, -0.1) is 0 Å². The lowest BCUT2D eigenvalue weighted by atomic mass is 9.95. The largest absolute Gasteiger partial charge is 0.377 e. The van der Waals surface area contributed by atoms with Crippen LogP contribution in [0.5, 0.6) is 0 Å². The lowest BCUT2D eigenvalue weighted by molar-refractivity contribution is 0.365. The molecule has 3 heteroatoms. The van der Waals surface area contributed by atoms with E-state index < -0.39 is 0 Å². The Hall–Kier alpha value is -0.790. The smallest absolute Gasteiger partial charge is 0.147 e. The second-order valence-corrected chi connectivity index (χ2v) is 3.26. The molecule has 1 aliphatic rings. The van der Waals surface area contributed by atoms with Crippen molar-refractivity contribution < 1.29 is 4.79 Å². The summed E-state index contributed by atoms with van der Waals surface area (Å²) in [6, 6.07) is 0.182. The fourth-order valence-electron chi connectivity index (χ4n) is 1.46. The van der Waals surface area contributed by atoms with Gasteiger partial charge in [0, 0.05) is 13.1 Å². The summed E-state index contributed by atoms with van der Waals surface area (Å²) < 4.78 is 0. The zero-order valence-electron chi connectivity index (χ0n) is 7.68. The Balaban J connectivity index is 2.65. The highest BCUT2D eigenvalue weighted by atomic mass is 16.1. The van der Waals surface area contributed by atoms with Gasteiger partial charge in [-0.25, -0.2) is 4.79 Å². The van der Waals surface area contributed by atoms with E-state index in [2.05, 4.69) is 24.5 Å². The SMILES string of the molecule is CCC(C)C1NCCNC1=C=O. The quantitative estimate of drug-likeness (QED) is 0.583. The fourth-order valence-corrected chi connectivity index (χ4v) is 1.46. The molecule has 68 valence electrons. The van der Waals surface area contributed by atoms with Crippen molar-refractivity contribution in [3.05, 3.63) is 5.70 Å². The van der Waals surface area contributed by atoms with E-state index in [-0.39, 0.29) is 6.04 Å². The Labute approximate surface area is 73.2 Å². The normalized spacial score (nSPS) is 25.8. The van der Waals surface area contributed by atoms with Gasteiger partial charge < -0.3 is 10.6 Å². The van der Waals surface area contributed by atoms with E-state index in [1.54, 1.807) is 0 Å². The molecule has 0 aromatic heterocycles. The first-order valence-corrected chi connectivity index (χ1v) is 4.51. The van der Waals surface area contributed by atoms with Crippen LogP contribution in [0.2, 0.25) is 0 Å². The minimum Gasteiger partial charge on any atom is -0.377 e. The molecule has 2 atom stereocenters.